The Hall–Kier alpha value is -1.08. The second-order valence-corrected chi connectivity index (χ2v) is 6.92. The molecule has 0 atom stereocenters. The Balaban J connectivity index is 1.81. The normalized spacial score (nSPS) is 12.9. The Labute approximate surface area is 136 Å². The summed E-state index contributed by atoms with van der Waals surface area (Å²) in [6, 6.07) is 13.7. The average molecular weight is 343 g/mol. The molecule has 0 saturated heterocycles. The number of hydrogen-bond acceptors (Lipinski definition) is 0. The van der Waals surface area contributed by atoms with Crippen molar-refractivity contribution in [3.8, 4) is 11.1 Å². The Bertz CT molecular complexity index is 628. The molecule has 0 amide bonds. The number of aryl methyl sites for hydroxylation is 2. The van der Waals surface area contributed by atoms with Crippen LogP contribution in [0.15, 0.2) is 40.9 Å². The minimum Gasteiger partial charge on any atom is -0.0654 e. The van der Waals surface area contributed by atoms with E-state index in [4.69, 9.17) is 0 Å². The fourth-order valence-corrected chi connectivity index (χ4v) is 3.92. The van der Waals surface area contributed by atoms with Crippen LogP contribution in [-0.4, -0.2) is 0 Å². The van der Waals surface area contributed by atoms with Gasteiger partial charge in [-0.15, -0.1) is 0 Å². The summed E-state index contributed by atoms with van der Waals surface area (Å²) in [5.74, 6) is 0. The first-order valence-electron chi connectivity index (χ1n) is 8.19. The summed E-state index contributed by atoms with van der Waals surface area (Å²) >= 11 is 3.70. The first-order valence-corrected chi connectivity index (χ1v) is 8.98. The summed E-state index contributed by atoms with van der Waals surface area (Å²) < 4.78 is 1.26. The fourth-order valence-electron chi connectivity index (χ4n) is 3.35. The SMILES string of the molecule is CCCCCCc1ccc2c(c1)CCc1c(Br)cccc1-2. The fraction of sp³-hybridized carbons (Fsp3) is 0.400. The summed E-state index contributed by atoms with van der Waals surface area (Å²) in [4.78, 5) is 0. The molecular weight excluding hydrogens is 320 g/mol. The van der Waals surface area contributed by atoms with Gasteiger partial charge in [0.1, 0.15) is 0 Å². The van der Waals surface area contributed by atoms with Crippen molar-refractivity contribution >= 4 is 15.9 Å². The molecule has 0 nitrogen and oxygen atoms in total. The summed E-state index contributed by atoms with van der Waals surface area (Å²) in [6.45, 7) is 2.27. The van der Waals surface area contributed by atoms with Crippen molar-refractivity contribution in [1.29, 1.82) is 0 Å². The largest absolute Gasteiger partial charge is 0.0654 e. The van der Waals surface area contributed by atoms with Gasteiger partial charge in [0.25, 0.3) is 0 Å². The maximum Gasteiger partial charge on any atom is 0.0213 e. The van der Waals surface area contributed by atoms with Crippen LogP contribution in [0.4, 0.5) is 0 Å². The summed E-state index contributed by atoms with van der Waals surface area (Å²) in [5, 5.41) is 0. The molecule has 2 aromatic carbocycles. The lowest BCUT2D eigenvalue weighted by atomic mass is 9.84. The molecule has 2 aromatic rings. The van der Waals surface area contributed by atoms with E-state index in [1.165, 1.54) is 70.8 Å². The Morgan fingerprint density at radius 2 is 1.86 bits per heavy atom. The monoisotopic (exact) mass is 342 g/mol. The zero-order chi connectivity index (χ0) is 14.7. The molecule has 1 heteroatoms. The third kappa shape index (κ3) is 3.23. The van der Waals surface area contributed by atoms with Crippen LogP contribution in [0.25, 0.3) is 11.1 Å². The molecule has 1 aliphatic carbocycles. The van der Waals surface area contributed by atoms with Gasteiger partial charge in [-0.05, 0) is 59.6 Å². The van der Waals surface area contributed by atoms with Crippen LogP contribution in [0, 0.1) is 0 Å². The Kier molecular flexibility index (Phi) is 4.80. The lowest BCUT2D eigenvalue weighted by Gasteiger charge is -2.21. The number of unbranched alkanes of at least 4 members (excludes halogenated alkanes) is 3. The smallest absolute Gasteiger partial charge is 0.0213 e. The highest BCUT2D eigenvalue weighted by Gasteiger charge is 2.17. The van der Waals surface area contributed by atoms with Crippen molar-refractivity contribution in [3.63, 3.8) is 0 Å². The van der Waals surface area contributed by atoms with E-state index < -0.39 is 0 Å². The molecule has 0 bridgehead atoms. The minimum absolute atomic E-state index is 1.16. The van der Waals surface area contributed by atoms with Gasteiger partial charge in [0.2, 0.25) is 0 Å². The minimum atomic E-state index is 1.16. The van der Waals surface area contributed by atoms with Gasteiger partial charge in [-0.3, -0.25) is 0 Å². The molecule has 0 unspecified atom stereocenters. The van der Waals surface area contributed by atoms with Crippen LogP contribution >= 0.6 is 15.9 Å². The molecule has 0 N–H and O–H groups in total. The van der Waals surface area contributed by atoms with E-state index in [1.807, 2.05) is 0 Å². The first-order chi connectivity index (χ1) is 10.3. The van der Waals surface area contributed by atoms with E-state index in [0.29, 0.717) is 0 Å². The molecule has 3 rings (SSSR count). The molecule has 0 aromatic heterocycles. The number of fused-ring (bicyclic) bond motifs is 3. The molecule has 0 spiro atoms. The zero-order valence-corrected chi connectivity index (χ0v) is 14.4. The van der Waals surface area contributed by atoms with Gasteiger partial charge in [0, 0.05) is 4.47 Å². The highest BCUT2D eigenvalue weighted by Crippen LogP contribution is 2.37. The van der Waals surface area contributed by atoms with E-state index in [9.17, 15) is 0 Å². The quantitative estimate of drug-likeness (QED) is 0.556. The van der Waals surface area contributed by atoms with Crippen molar-refractivity contribution in [2.75, 3.05) is 0 Å². The van der Waals surface area contributed by atoms with Gasteiger partial charge < -0.3 is 0 Å². The van der Waals surface area contributed by atoms with E-state index in [1.54, 1.807) is 0 Å². The number of hydrogen-bond donors (Lipinski definition) is 0. The van der Waals surface area contributed by atoms with Gasteiger partial charge in [0.05, 0.1) is 0 Å². The van der Waals surface area contributed by atoms with Crippen molar-refractivity contribution in [2.24, 2.45) is 0 Å². The molecule has 0 fully saturated rings. The van der Waals surface area contributed by atoms with Crippen LogP contribution in [0.1, 0.15) is 49.3 Å². The molecule has 1 aliphatic rings. The highest BCUT2D eigenvalue weighted by atomic mass is 79.9. The molecule has 0 aliphatic heterocycles. The second kappa shape index (κ2) is 6.79. The van der Waals surface area contributed by atoms with Crippen LogP contribution in [0.3, 0.4) is 0 Å². The molecule has 21 heavy (non-hydrogen) atoms. The van der Waals surface area contributed by atoms with Crippen LogP contribution in [0.2, 0.25) is 0 Å². The van der Waals surface area contributed by atoms with Gasteiger partial charge in [-0.1, -0.05) is 72.4 Å². The number of rotatable bonds is 5. The topological polar surface area (TPSA) is 0 Å². The Morgan fingerprint density at radius 3 is 2.71 bits per heavy atom. The van der Waals surface area contributed by atoms with Crippen LogP contribution in [0.5, 0.6) is 0 Å². The number of halogens is 1. The summed E-state index contributed by atoms with van der Waals surface area (Å²) in [6.07, 6.45) is 8.94. The van der Waals surface area contributed by atoms with E-state index >= 15 is 0 Å². The molecular formula is C20H23Br. The van der Waals surface area contributed by atoms with E-state index in [2.05, 4.69) is 59.3 Å². The third-order valence-corrected chi connectivity index (χ3v) is 5.28. The summed E-state index contributed by atoms with van der Waals surface area (Å²) in [7, 11) is 0. The summed E-state index contributed by atoms with van der Waals surface area (Å²) in [5.41, 5.74) is 7.38. The second-order valence-electron chi connectivity index (χ2n) is 6.07. The van der Waals surface area contributed by atoms with Gasteiger partial charge in [0.15, 0.2) is 0 Å². The molecule has 0 heterocycles. The first kappa shape index (κ1) is 14.8. The maximum absolute atomic E-state index is 3.70. The van der Waals surface area contributed by atoms with E-state index in [-0.39, 0.29) is 0 Å². The maximum atomic E-state index is 3.70. The molecule has 0 radical (unpaired) electrons. The number of benzene rings is 2. The standard InChI is InChI=1S/C20H23Br/c1-2-3-4-5-7-15-10-12-17-16(14-15)11-13-19-18(17)8-6-9-20(19)21/h6,8-10,12,14H,2-5,7,11,13H2,1H3. The van der Waals surface area contributed by atoms with Gasteiger partial charge in [-0.25, -0.2) is 0 Å². The van der Waals surface area contributed by atoms with Crippen LogP contribution in [-0.2, 0) is 19.3 Å². The predicted molar refractivity (Wildman–Crippen MR) is 94.8 cm³/mol. The Morgan fingerprint density at radius 1 is 0.952 bits per heavy atom. The van der Waals surface area contributed by atoms with Crippen molar-refractivity contribution in [3.05, 3.63) is 57.6 Å². The molecule has 110 valence electrons. The van der Waals surface area contributed by atoms with Gasteiger partial charge >= 0.3 is 0 Å². The van der Waals surface area contributed by atoms with Crippen LogP contribution < -0.4 is 0 Å². The van der Waals surface area contributed by atoms with E-state index in [0.717, 1.165) is 6.42 Å². The van der Waals surface area contributed by atoms with Gasteiger partial charge in [-0.2, -0.15) is 0 Å². The average Bonchev–Trinajstić information content (AvgIpc) is 2.51. The van der Waals surface area contributed by atoms with Crippen molar-refractivity contribution in [2.45, 2.75) is 51.9 Å². The zero-order valence-electron chi connectivity index (χ0n) is 12.8. The van der Waals surface area contributed by atoms with Crippen molar-refractivity contribution in [1.82, 2.24) is 0 Å². The molecule has 0 saturated carbocycles. The lowest BCUT2D eigenvalue weighted by molar-refractivity contribution is 0.666. The third-order valence-electron chi connectivity index (χ3n) is 4.54. The highest BCUT2D eigenvalue weighted by molar-refractivity contribution is 9.10. The predicted octanol–water partition coefficient (Wildman–Crippen LogP) is 6.34. The van der Waals surface area contributed by atoms with Crippen molar-refractivity contribution < 1.29 is 0 Å². The lowest BCUT2D eigenvalue weighted by Crippen LogP contribution is -2.05.